The van der Waals surface area contributed by atoms with Crippen LogP contribution in [0.25, 0.3) is 0 Å². The molecule has 358 valence electrons. The first-order valence-corrected chi connectivity index (χ1v) is 29.9. The average molecular weight is 866 g/mol. The maximum absolute atomic E-state index is 3.41. The summed E-state index contributed by atoms with van der Waals surface area (Å²) in [6.45, 7) is 21.8. The van der Waals surface area contributed by atoms with E-state index in [1.165, 1.54) is 116 Å². The highest BCUT2D eigenvalue weighted by Crippen LogP contribution is 2.68. The molecule has 0 spiro atoms. The van der Waals surface area contributed by atoms with Crippen LogP contribution in [0.5, 0.6) is 0 Å². The monoisotopic (exact) mass is 865 g/mol. The van der Waals surface area contributed by atoms with E-state index in [-0.39, 0.29) is 0 Å². The highest BCUT2D eigenvalue weighted by Gasteiger charge is 2.63. The smallest absolute Gasteiger partial charge is 0.0104 e. The summed E-state index contributed by atoms with van der Waals surface area (Å²) in [5.41, 5.74) is 1.59. The summed E-state index contributed by atoms with van der Waals surface area (Å²) >= 11 is 0. The Bertz CT molecular complexity index is 1430. The SMILES string of the molecule is CCC1CCC2C3CCC(N(C4CCCCC4)C4CCC5C6CCC(N(C7CCCCC7)C7CCC8C9CCC(CC)CC9C(C)(C)C8C7)CC6C(C)(C)C5C4)CC3C(C)(C)C2C1. The number of fused-ring (bicyclic) bond motifs is 9. The van der Waals surface area contributed by atoms with Crippen LogP contribution in [0.15, 0.2) is 0 Å². The topological polar surface area (TPSA) is 6.48 Å². The molecular formula is C61H104N2. The summed E-state index contributed by atoms with van der Waals surface area (Å²) < 4.78 is 0. The molecule has 0 aromatic rings. The Balaban J connectivity index is 0.813. The van der Waals surface area contributed by atoms with E-state index in [0.717, 1.165) is 119 Å². The van der Waals surface area contributed by atoms with Crippen molar-refractivity contribution in [2.24, 2.45) is 99.1 Å². The van der Waals surface area contributed by atoms with E-state index in [9.17, 15) is 0 Å². The second kappa shape index (κ2) is 17.7. The highest BCUT2D eigenvalue weighted by molar-refractivity contribution is 5.13. The Kier molecular flexibility index (Phi) is 12.8. The van der Waals surface area contributed by atoms with Crippen LogP contribution in [-0.2, 0) is 0 Å². The molecular weight excluding hydrogens is 761 g/mol. The second-order valence-electron chi connectivity index (χ2n) is 28.6. The zero-order valence-electron chi connectivity index (χ0n) is 43.2. The van der Waals surface area contributed by atoms with Gasteiger partial charge in [-0.1, -0.05) is 120 Å². The number of hydrogen-bond donors (Lipinski definition) is 0. The van der Waals surface area contributed by atoms with Gasteiger partial charge in [0.15, 0.2) is 0 Å². The molecule has 11 rings (SSSR count). The van der Waals surface area contributed by atoms with E-state index < -0.39 is 0 Å². The summed E-state index contributed by atoms with van der Waals surface area (Å²) in [6, 6.07) is 5.24. The first-order chi connectivity index (χ1) is 30.4. The van der Waals surface area contributed by atoms with Crippen molar-refractivity contribution < 1.29 is 0 Å². The molecule has 63 heavy (non-hydrogen) atoms. The van der Waals surface area contributed by atoms with Crippen LogP contribution in [0.4, 0.5) is 0 Å². The largest absolute Gasteiger partial charge is 0.294 e. The lowest BCUT2D eigenvalue weighted by Gasteiger charge is -2.53. The molecule has 0 heterocycles. The van der Waals surface area contributed by atoms with Gasteiger partial charge in [0.2, 0.25) is 0 Å². The summed E-state index contributed by atoms with van der Waals surface area (Å²) in [4.78, 5) is 6.81. The lowest BCUT2D eigenvalue weighted by Crippen LogP contribution is -2.55. The third-order valence-corrected chi connectivity index (χ3v) is 25.7. The minimum atomic E-state index is 0.496. The van der Waals surface area contributed by atoms with Crippen LogP contribution in [0, 0.1) is 99.1 Å². The van der Waals surface area contributed by atoms with Gasteiger partial charge in [0.1, 0.15) is 0 Å². The van der Waals surface area contributed by atoms with Crippen LogP contribution in [0.1, 0.15) is 248 Å². The van der Waals surface area contributed by atoms with Gasteiger partial charge in [-0.3, -0.25) is 9.80 Å². The van der Waals surface area contributed by atoms with Crippen molar-refractivity contribution in [2.45, 2.75) is 284 Å². The maximum atomic E-state index is 3.41. The van der Waals surface area contributed by atoms with Gasteiger partial charge in [0.25, 0.3) is 0 Å². The molecule has 11 aliphatic rings. The fourth-order valence-electron chi connectivity index (χ4n) is 22.7. The fourth-order valence-corrected chi connectivity index (χ4v) is 22.7. The molecule has 0 saturated heterocycles. The molecule has 0 amide bonds. The van der Waals surface area contributed by atoms with Crippen molar-refractivity contribution in [3.8, 4) is 0 Å². The Labute approximate surface area is 391 Å². The molecule has 11 saturated carbocycles. The first-order valence-electron chi connectivity index (χ1n) is 29.9. The molecule has 2 heteroatoms. The van der Waals surface area contributed by atoms with Gasteiger partial charge in [-0.15, -0.1) is 0 Å². The minimum Gasteiger partial charge on any atom is -0.294 e. The third kappa shape index (κ3) is 7.70. The van der Waals surface area contributed by atoms with E-state index in [1.54, 1.807) is 77.0 Å². The summed E-state index contributed by atoms with van der Waals surface area (Å²) in [6.07, 6.45) is 45.8. The van der Waals surface area contributed by atoms with E-state index in [1.807, 2.05) is 0 Å². The molecule has 18 atom stereocenters. The van der Waals surface area contributed by atoms with E-state index in [0.29, 0.717) is 16.2 Å². The molecule has 0 bridgehead atoms. The first kappa shape index (κ1) is 45.4. The maximum Gasteiger partial charge on any atom is 0.0104 e. The van der Waals surface area contributed by atoms with Gasteiger partial charge in [-0.2, -0.15) is 0 Å². The number of nitrogens with zero attached hydrogens (tertiary/aromatic N) is 2. The molecule has 0 N–H and O–H groups in total. The summed E-state index contributed by atoms with van der Waals surface area (Å²) in [7, 11) is 0. The molecule has 18 unspecified atom stereocenters. The zero-order valence-corrected chi connectivity index (χ0v) is 43.2. The lowest BCUT2D eigenvalue weighted by molar-refractivity contribution is -0.0350. The van der Waals surface area contributed by atoms with Crippen LogP contribution < -0.4 is 0 Å². The van der Waals surface area contributed by atoms with Gasteiger partial charge in [0, 0.05) is 36.3 Å². The molecule has 11 fully saturated rings. The van der Waals surface area contributed by atoms with Gasteiger partial charge < -0.3 is 0 Å². The molecule has 0 aliphatic heterocycles. The zero-order chi connectivity index (χ0) is 43.4. The van der Waals surface area contributed by atoms with Crippen LogP contribution in [0.2, 0.25) is 0 Å². The van der Waals surface area contributed by atoms with E-state index in [2.05, 4.69) is 65.2 Å². The number of hydrogen-bond acceptors (Lipinski definition) is 2. The van der Waals surface area contributed by atoms with E-state index >= 15 is 0 Å². The standard InChI is InChI=1S/C61H104N2/c1-9-39-21-27-47-49-29-23-43(35-55(49)59(3,4)53(47)33-39)62(41-17-13-11-14-18-41)45-25-31-51-52-32-26-46(38-58(52)61(7,8)57(51)37-45)63(42-19-15-12-16-20-42)44-24-30-50-48-28-22-40(10-2)34-54(48)60(5,6)56(50)36-44/h39-58H,9-38H2,1-8H3. The van der Waals surface area contributed by atoms with Crippen molar-refractivity contribution in [1.29, 1.82) is 0 Å². The predicted octanol–water partition coefficient (Wildman–Crippen LogP) is 16.4. The Morgan fingerprint density at radius 2 is 0.540 bits per heavy atom. The summed E-state index contributed by atoms with van der Waals surface area (Å²) in [5.74, 6) is 14.1. The highest BCUT2D eigenvalue weighted by atomic mass is 15.2. The van der Waals surface area contributed by atoms with Gasteiger partial charge >= 0.3 is 0 Å². The predicted molar refractivity (Wildman–Crippen MR) is 266 cm³/mol. The van der Waals surface area contributed by atoms with Crippen molar-refractivity contribution in [2.75, 3.05) is 0 Å². The molecule has 0 radical (unpaired) electrons. The van der Waals surface area contributed by atoms with Crippen molar-refractivity contribution in [3.05, 3.63) is 0 Å². The van der Waals surface area contributed by atoms with Gasteiger partial charge in [0.05, 0.1) is 0 Å². The molecule has 2 nitrogen and oxygen atoms in total. The van der Waals surface area contributed by atoms with Crippen molar-refractivity contribution in [3.63, 3.8) is 0 Å². The lowest BCUT2D eigenvalue weighted by atomic mass is 9.64. The number of rotatable bonds is 8. The van der Waals surface area contributed by atoms with E-state index in [4.69, 9.17) is 0 Å². The third-order valence-electron chi connectivity index (χ3n) is 25.7. The van der Waals surface area contributed by atoms with Gasteiger partial charge in [-0.05, 0) is 228 Å². The Morgan fingerprint density at radius 3 is 0.810 bits per heavy atom. The van der Waals surface area contributed by atoms with Crippen molar-refractivity contribution >= 4 is 0 Å². The molecule has 0 aromatic carbocycles. The fraction of sp³-hybridized carbons (Fsp3) is 1.00. The van der Waals surface area contributed by atoms with Crippen LogP contribution >= 0.6 is 0 Å². The van der Waals surface area contributed by atoms with Crippen LogP contribution in [0.3, 0.4) is 0 Å². The van der Waals surface area contributed by atoms with Gasteiger partial charge in [-0.25, -0.2) is 0 Å². The Hall–Kier alpha value is -0.0800. The normalized spacial score (nSPS) is 49.4. The van der Waals surface area contributed by atoms with Crippen LogP contribution in [-0.4, -0.2) is 46.1 Å². The Morgan fingerprint density at radius 1 is 0.286 bits per heavy atom. The average Bonchev–Trinajstić information content (AvgIpc) is 3.78. The summed E-state index contributed by atoms with van der Waals surface area (Å²) in [5, 5.41) is 0. The second-order valence-corrected chi connectivity index (χ2v) is 28.6. The quantitative estimate of drug-likeness (QED) is 0.240. The van der Waals surface area contributed by atoms with Crippen molar-refractivity contribution in [1.82, 2.24) is 9.80 Å². The molecule has 0 aromatic heterocycles. The molecule has 11 aliphatic carbocycles. The minimum absolute atomic E-state index is 0.496.